The lowest BCUT2D eigenvalue weighted by atomic mass is 9.53. The van der Waals surface area contributed by atoms with Crippen molar-refractivity contribution in [2.45, 2.75) is 69.5 Å². The number of methoxy groups -OCH3 is 1. The molecule has 6 nitrogen and oxygen atoms in total. The van der Waals surface area contributed by atoms with Crippen LogP contribution in [0.2, 0.25) is 0 Å². The molecule has 7 heteroatoms. The number of carbonyl (C=O) groups is 2. The summed E-state index contributed by atoms with van der Waals surface area (Å²) in [6, 6.07) is 0.374. The third-order valence-electron chi connectivity index (χ3n) is 6.91. The van der Waals surface area contributed by atoms with Crippen LogP contribution in [0.25, 0.3) is 0 Å². The minimum atomic E-state index is -0.423. The van der Waals surface area contributed by atoms with E-state index in [2.05, 4.69) is 10.3 Å². The second-order valence-electron chi connectivity index (χ2n) is 9.11. The predicted molar refractivity (Wildman–Crippen MR) is 101 cm³/mol. The lowest BCUT2D eigenvalue weighted by Gasteiger charge is -2.57. The van der Waals surface area contributed by atoms with Crippen molar-refractivity contribution in [3.05, 3.63) is 16.1 Å². The zero-order valence-electron chi connectivity index (χ0n) is 15.8. The summed E-state index contributed by atoms with van der Waals surface area (Å²) in [5.74, 6) is 2.01. The maximum Gasteiger partial charge on any atom is 0.357 e. The Kier molecular flexibility index (Phi) is 4.18. The molecule has 0 aromatic carbocycles. The van der Waals surface area contributed by atoms with Crippen LogP contribution >= 0.6 is 11.3 Å². The third-order valence-corrected chi connectivity index (χ3v) is 7.74. The van der Waals surface area contributed by atoms with Gasteiger partial charge in [0.25, 0.3) is 0 Å². The van der Waals surface area contributed by atoms with Gasteiger partial charge in [0, 0.05) is 17.0 Å². The van der Waals surface area contributed by atoms with Crippen molar-refractivity contribution in [3.8, 4) is 0 Å². The SMILES string of the molecule is COC(=O)c1csc(CN(C(=O)NC23CC4CC(CC(C4)C2)C3)C2CC2)n1. The maximum atomic E-state index is 13.2. The first kappa shape index (κ1) is 17.5. The molecular formula is C20H27N3O3S. The number of carbonyl (C=O) groups excluding carboxylic acids is 2. The molecule has 1 aromatic heterocycles. The summed E-state index contributed by atoms with van der Waals surface area (Å²) in [5.41, 5.74) is 0.355. The number of urea groups is 1. The van der Waals surface area contributed by atoms with Crippen LogP contribution in [0, 0.1) is 17.8 Å². The van der Waals surface area contributed by atoms with Gasteiger partial charge < -0.3 is 15.0 Å². The van der Waals surface area contributed by atoms with Crippen LogP contribution in [0.15, 0.2) is 5.38 Å². The molecule has 0 aliphatic heterocycles. The van der Waals surface area contributed by atoms with Crippen LogP contribution in [-0.2, 0) is 11.3 Å². The number of ether oxygens (including phenoxy) is 1. The van der Waals surface area contributed by atoms with E-state index in [0.717, 1.165) is 54.9 Å². The third kappa shape index (κ3) is 3.35. The molecule has 5 fully saturated rings. The largest absolute Gasteiger partial charge is 0.464 e. The summed E-state index contributed by atoms with van der Waals surface area (Å²) in [6.07, 6.45) is 9.71. The van der Waals surface area contributed by atoms with Gasteiger partial charge in [0.05, 0.1) is 13.7 Å². The molecule has 4 bridgehead atoms. The van der Waals surface area contributed by atoms with E-state index in [9.17, 15) is 9.59 Å². The van der Waals surface area contributed by atoms with Crippen molar-refractivity contribution < 1.29 is 14.3 Å². The van der Waals surface area contributed by atoms with Gasteiger partial charge in [-0.25, -0.2) is 14.6 Å². The second kappa shape index (κ2) is 6.47. The smallest absolute Gasteiger partial charge is 0.357 e. The van der Waals surface area contributed by atoms with Gasteiger partial charge in [-0.15, -0.1) is 11.3 Å². The van der Waals surface area contributed by atoms with E-state index in [1.807, 2.05) is 4.90 Å². The lowest BCUT2D eigenvalue weighted by molar-refractivity contribution is -0.0159. The highest BCUT2D eigenvalue weighted by Crippen LogP contribution is 2.55. The molecule has 6 rings (SSSR count). The molecule has 1 aromatic rings. The average Bonchev–Trinajstić information content (AvgIpc) is 3.35. The van der Waals surface area contributed by atoms with Gasteiger partial charge >= 0.3 is 12.0 Å². The van der Waals surface area contributed by atoms with Gasteiger partial charge in [-0.3, -0.25) is 0 Å². The van der Waals surface area contributed by atoms with Crippen LogP contribution < -0.4 is 5.32 Å². The molecule has 2 amide bonds. The number of hydrogen-bond acceptors (Lipinski definition) is 5. The molecule has 5 saturated carbocycles. The van der Waals surface area contributed by atoms with E-state index in [0.29, 0.717) is 18.3 Å². The van der Waals surface area contributed by atoms with Crippen LogP contribution in [0.1, 0.15) is 66.9 Å². The second-order valence-corrected chi connectivity index (χ2v) is 10.0. The summed E-state index contributed by atoms with van der Waals surface area (Å²) < 4.78 is 4.73. The Balaban J connectivity index is 1.29. The Hall–Kier alpha value is -1.63. The molecule has 0 radical (unpaired) electrons. The molecular weight excluding hydrogens is 362 g/mol. The van der Waals surface area contributed by atoms with Gasteiger partial charge in [-0.1, -0.05) is 0 Å². The van der Waals surface area contributed by atoms with Crippen molar-refractivity contribution in [2.24, 2.45) is 17.8 Å². The van der Waals surface area contributed by atoms with Crippen LogP contribution in [0.3, 0.4) is 0 Å². The van der Waals surface area contributed by atoms with Crippen molar-refractivity contribution in [1.82, 2.24) is 15.2 Å². The molecule has 5 aliphatic rings. The lowest BCUT2D eigenvalue weighted by Crippen LogP contribution is -2.62. The Morgan fingerprint density at radius 2 is 1.85 bits per heavy atom. The zero-order chi connectivity index (χ0) is 18.6. The number of esters is 1. The highest BCUT2D eigenvalue weighted by atomic mass is 32.1. The fourth-order valence-electron chi connectivity index (χ4n) is 6.04. The highest BCUT2D eigenvalue weighted by molar-refractivity contribution is 7.09. The zero-order valence-corrected chi connectivity index (χ0v) is 16.6. The van der Waals surface area contributed by atoms with E-state index < -0.39 is 5.97 Å². The molecule has 0 atom stereocenters. The van der Waals surface area contributed by atoms with Crippen LogP contribution in [-0.4, -0.2) is 40.6 Å². The number of rotatable bonds is 5. The first-order valence-electron chi connectivity index (χ1n) is 10.1. The normalized spacial score (nSPS) is 33.7. The number of hydrogen-bond donors (Lipinski definition) is 1. The van der Waals surface area contributed by atoms with Gasteiger partial charge in [-0.05, 0) is 69.1 Å². The first-order chi connectivity index (χ1) is 13.0. The average molecular weight is 390 g/mol. The highest BCUT2D eigenvalue weighted by Gasteiger charge is 2.52. The minimum Gasteiger partial charge on any atom is -0.464 e. The quantitative estimate of drug-likeness (QED) is 0.782. The number of nitrogens with one attached hydrogen (secondary N) is 1. The number of amides is 2. The van der Waals surface area contributed by atoms with E-state index in [1.54, 1.807) is 5.38 Å². The van der Waals surface area contributed by atoms with Crippen LogP contribution in [0.4, 0.5) is 4.79 Å². The van der Waals surface area contributed by atoms with Crippen molar-refractivity contribution >= 4 is 23.3 Å². The van der Waals surface area contributed by atoms with Gasteiger partial charge in [0.2, 0.25) is 0 Å². The standard InChI is InChI=1S/C20H27N3O3S/c1-26-18(24)16-11-27-17(21-16)10-23(15-2-3-15)19(25)22-20-7-12-4-13(8-20)6-14(5-12)9-20/h11-15H,2-10H2,1H3,(H,22,25). The van der Waals surface area contributed by atoms with E-state index in [1.165, 1.54) is 37.7 Å². The molecule has 1 heterocycles. The number of aromatic nitrogens is 1. The molecule has 1 N–H and O–H groups in total. The molecule has 0 unspecified atom stereocenters. The van der Waals surface area contributed by atoms with Crippen molar-refractivity contribution in [1.29, 1.82) is 0 Å². The summed E-state index contributed by atoms with van der Waals surface area (Å²) in [4.78, 5) is 31.2. The first-order valence-corrected chi connectivity index (χ1v) is 11.0. The predicted octanol–water partition coefficient (Wildman–Crippen LogP) is 3.57. The van der Waals surface area contributed by atoms with Crippen LogP contribution in [0.5, 0.6) is 0 Å². The monoisotopic (exact) mass is 389 g/mol. The molecule has 0 spiro atoms. The fraction of sp³-hybridized carbons (Fsp3) is 0.750. The number of nitrogens with zero attached hydrogens (tertiary/aromatic N) is 2. The van der Waals surface area contributed by atoms with E-state index >= 15 is 0 Å². The maximum absolute atomic E-state index is 13.2. The Morgan fingerprint density at radius 1 is 1.22 bits per heavy atom. The molecule has 146 valence electrons. The topological polar surface area (TPSA) is 71.5 Å². The summed E-state index contributed by atoms with van der Waals surface area (Å²) in [6.45, 7) is 0.477. The Labute approximate surface area is 163 Å². The summed E-state index contributed by atoms with van der Waals surface area (Å²) >= 11 is 1.42. The van der Waals surface area contributed by atoms with E-state index in [-0.39, 0.29) is 11.6 Å². The summed E-state index contributed by atoms with van der Waals surface area (Å²) in [7, 11) is 1.36. The molecule has 5 aliphatic carbocycles. The Bertz CT molecular complexity index is 722. The van der Waals surface area contributed by atoms with Gasteiger partial charge in [-0.2, -0.15) is 0 Å². The van der Waals surface area contributed by atoms with Gasteiger partial charge in [0.1, 0.15) is 5.01 Å². The van der Waals surface area contributed by atoms with Crippen molar-refractivity contribution in [3.63, 3.8) is 0 Å². The Morgan fingerprint density at radius 3 is 2.41 bits per heavy atom. The number of thiazole rings is 1. The van der Waals surface area contributed by atoms with Gasteiger partial charge in [0.15, 0.2) is 5.69 Å². The molecule has 0 saturated heterocycles. The van der Waals surface area contributed by atoms with Crippen molar-refractivity contribution in [2.75, 3.05) is 7.11 Å². The molecule has 27 heavy (non-hydrogen) atoms. The fourth-order valence-corrected chi connectivity index (χ4v) is 6.80. The minimum absolute atomic E-state index is 0.0268. The van der Waals surface area contributed by atoms with E-state index in [4.69, 9.17) is 4.74 Å². The summed E-state index contributed by atoms with van der Waals surface area (Å²) in [5, 5.41) is 5.99.